The van der Waals surface area contributed by atoms with Gasteiger partial charge in [-0.05, 0) is 19.1 Å². The first kappa shape index (κ1) is 15.2. The standard InChI is InChI=1S/C14H13Cl2NO5/c1-13(6-14(13,15)16)12(19)20-5-11(18)17-8-2-3-9-10(4-8)22-7-21-9/h2-4H,5-7H2,1H3,(H,17,18)/t13-/m0/s1. The van der Waals surface area contributed by atoms with Crippen LogP contribution in [-0.2, 0) is 14.3 Å². The fourth-order valence-electron chi connectivity index (χ4n) is 2.08. The summed E-state index contributed by atoms with van der Waals surface area (Å²) < 4.78 is 14.2. The number of hydrogen-bond acceptors (Lipinski definition) is 5. The number of amides is 1. The van der Waals surface area contributed by atoms with Crippen LogP contribution in [0.15, 0.2) is 18.2 Å². The molecule has 0 unspecified atom stereocenters. The van der Waals surface area contributed by atoms with Gasteiger partial charge < -0.3 is 19.5 Å². The monoisotopic (exact) mass is 345 g/mol. The number of halogens is 2. The summed E-state index contributed by atoms with van der Waals surface area (Å²) in [5.41, 5.74) is -0.429. The van der Waals surface area contributed by atoms with Crippen LogP contribution in [0, 0.1) is 5.41 Å². The van der Waals surface area contributed by atoms with Crippen LogP contribution in [0.5, 0.6) is 11.5 Å². The Morgan fingerprint density at radius 3 is 2.68 bits per heavy atom. The van der Waals surface area contributed by atoms with Gasteiger partial charge >= 0.3 is 5.97 Å². The van der Waals surface area contributed by atoms with Crippen molar-refractivity contribution in [1.29, 1.82) is 0 Å². The zero-order valence-corrected chi connectivity index (χ0v) is 13.2. The predicted molar refractivity (Wildman–Crippen MR) is 79.3 cm³/mol. The molecule has 0 radical (unpaired) electrons. The zero-order chi connectivity index (χ0) is 16.0. The molecule has 3 rings (SSSR count). The van der Waals surface area contributed by atoms with Crippen molar-refractivity contribution >= 4 is 40.8 Å². The SMILES string of the molecule is C[C@@]1(C(=O)OCC(=O)Nc2ccc3c(c2)OCO3)CC1(Cl)Cl. The highest BCUT2D eigenvalue weighted by atomic mass is 35.5. The number of nitrogens with one attached hydrogen (secondary N) is 1. The molecule has 0 spiro atoms. The van der Waals surface area contributed by atoms with Gasteiger partial charge in [-0.25, -0.2) is 0 Å². The van der Waals surface area contributed by atoms with Crippen molar-refractivity contribution in [3.05, 3.63) is 18.2 Å². The summed E-state index contributed by atoms with van der Waals surface area (Å²) in [6.07, 6.45) is 0.311. The molecule has 0 saturated heterocycles. The Labute approximate surface area is 136 Å². The molecular formula is C14H13Cl2NO5. The van der Waals surface area contributed by atoms with Gasteiger partial charge in [0.15, 0.2) is 18.1 Å². The van der Waals surface area contributed by atoms with Crippen molar-refractivity contribution in [2.24, 2.45) is 5.41 Å². The molecule has 0 aromatic heterocycles. The summed E-state index contributed by atoms with van der Waals surface area (Å²) in [4.78, 5) is 23.6. The average Bonchev–Trinajstić information content (AvgIpc) is 2.82. The zero-order valence-electron chi connectivity index (χ0n) is 11.7. The molecule has 1 N–H and O–H groups in total. The van der Waals surface area contributed by atoms with E-state index >= 15 is 0 Å². The Morgan fingerprint density at radius 2 is 2.00 bits per heavy atom. The van der Waals surface area contributed by atoms with Crippen molar-refractivity contribution in [2.75, 3.05) is 18.7 Å². The van der Waals surface area contributed by atoms with Gasteiger partial charge in [0, 0.05) is 18.2 Å². The second-order valence-electron chi connectivity index (χ2n) is 5.41. The lowest BCUT2D eigenvalue weighted by atomic mass is 10.1. The van der Waals surface area contributed by atoms with Crippen LogP contribution < -0.4 is 14.8 Å². The first-order chi connectivity index (χ1) is 10.3. The van der Waals surface area contributed by atoms with Crippen molar-refractivity contribution in [1.82, 2.24) is 0 Å². The maximum atomic E-state index is 11.8. The molecule has 118 valence electrons. The number of ether oxygens (including phenoxy) is 3. The van der Waals surface area contributed by atoms with Crippen LogP contribution in [0.25, 0.3) is 0 Å². The van der Waals surface area contributed by atoms with E-state index in [1.807, 2.05) is 0 Å². The van der Waals surface area contributed by atoms with Crippen molar-refractivity contribution in [3.8, 4) is 11.5 Å². The van der Waals surface area contributed by atoms with Gasteiger partial charge in [-0.2, -0.15) is 0 Å². The molecule has 1 aliphatic heterocycles. The second-order valence-corrected chi connectivity index (χ2v) is 6.89. The molecule has 1 atom stereocenters. The Balaban J connectivity index is 1.52. The lowest BCUT2D eigenvalue weighted by Crippen LogP contribution is -2.26. The lowest BCUT2D eigenvalue weighted by Gasteiger charge is -2.12. The molecule has 2 aliphatic rings. The van der Waals surface area contributed by atoms with E-state index in [4.69, 9.17) is 37.4 Å². The van der Waals surface area contributed by atoms with Gasteiger partial charge in [-0.1, -0.05) is 0 Å². The third-order valence-electron chi connectivity index (χ3n) is 3.70. The van der Waals surface area contributed by atoms with E-state index in [0.717, 1.165) is 0 Å². The van der Waals surface area contributed by atoms with E-state index in [0.29, 0.717) is 23.6 Å². The molecule has 1 aromatic rings. The number of carbonyl (C=O) groups is 2. The molecule has 22 heavy (non-hydrogen) atoms. The maximum absolute atomic E-state index is 11.8. The molecule has 1 aromatic carbocycles. The minimum atomic E-state index is -1.11. The van der Waals surface area contributed by atoms with E-state index < -0.39 is 28.2 Å². The van der Waals surface area contributed by atoms with E-state index in [1.165, 1.54) is 0 Å². The Morgan fingerprint density at radius 1 is 1.32 bits per heavy atom. The van der Waals surface area contributed by atoms with Crippen LogP contribution in [0.3, 0.4) is 0 Å². The predicted octanol–water partition coefficient (Wildman–Crippen LogP) is 2.48. The van der Waals surface area contributed by atoms with E-state index in [-0.39, 0.29) is 6.79 Å². The number of hydrogen-bond donors (Lipinski definition) is 1. The van der Waals surface area contributed by atoms with Crippen LogP contribution in [0.1, 0.15) is 13.3 Å². The number of rotatable bonds is 4. The third-order valence-corrected chi connectivity index (χ3v) is 4.80. The molecule has 8 heteroatoms. The largest absolute Gasteiger partial charge is 0.455 e. The summed E-state index contributed by atoms with van der Waals surface area (Å²) in [6, 6.07) is 4.98. The van der Waals surface area contributed by atoms with Crippen molar-refractivity contribution in [2.45, 2.75) is 17.7 Å². The molecule has 1 saturated carbocycles. The van der Waals surface area contributed by atoms with Gasteiger partial charge in [0.25, 0.3) is 5.91 Å². The Bertz CT molecular complexity index is 648. The van der Waals surface area contributed by atoms with Crippen LogP contribution >= 0.6 is 23.2 Å². The molecule has 1 heterocycles. The van der Waals surface area contributed by atoms with Crippen LogP contribution in [-0.4, -0.2) is 29.6 Å². The topological polar surface area (TPSA) is 73.9 Å². The van der Waals surface area contributed by atoms with Crippen LogP contribution in [0.2, 0.25) is 0 Å². The van der Waals surface area contributed by atoms with Crippen molar-refractivity contribution < 1.29 is 23.8 Å². The van der Waals surface area contributed by atoms with Gasteiger partial charge in [-0.15, -0.1) is 23.2 Å². The van der Waals surface area contributed by atoms with Gasteiger partial charge in [-0.3, -0.25) is 9.59 Å². The minimum Gasteiger partial charge on any atom is -0.455 e. The third kappa shape index (κ3) is 2.68. The highest BCUT2D eigenvalue weighted by Gasteiger charge is 2.69. The first-order valence-corrected chi connectivity index (χ1v) is 7.32. The maximum Gasteiger partial charge on any atom is 0.315 e. The number of benzene rings is 1. The van der Waals surface area contributed by atoms with Gasteiger partial charge in [0.2, 0.25) is 6.79 Å². The molecule has 0 bridgehead atoms. The summed E-state index contributed by atoms with van der Waals surface area (Å²) in [5.74, 6) is 0.116. The summed E-state index contributed by atoms with van der Waals surface area (Å²) >= 11 is 11.8. The molecule has 1 fully saturated rings. The van der Waals surface area contributed by atoms with Crippen LogP contribution in [0.4, 0.5) is 5.69 Å². The minimum absolute atomic E-state index is 0.154. The number of fused-ring (bicyclic) bond motifs is 1. The molecular weight excluding hydrogens is 333 g/mol. The Kier molecular flexibility index (Phi) is 3.61. The number of carbonyl (C=O) groups excluding carboxylic acids is 2. The number of alkyl halides is 2. The van der Waals surface area contributed by atoms with E-state index in [1.54, 1.807) is 25.1 Å². The normalized spacial score (nSPS) is 23.8. The van der Waals surface area contributed by atoms with Gasteiger partial charge in [0.05, 0.1) is 0 Å². The smallest absolute Gasteiger partial charge is 0.315 e. The molecule has 1 aliphatic carbocycles. The number of esters is 1. The highest BCUT2D eigenvalue weighted by Crippen LogP contribution is 2.64. The van der Waals surface area contributed by atoms with E-state index in [9.17, 15) is 9.59 Å². The summed E-state index contributed by atoms with van der Waals surface area (Å²) in [5, 5.41) is 2.60. The Hall–Kier alpha value is -1.66. The molecule has 6 nitrogen and oxygen atoms in total. The summed E-state index contributed by atoms with van der Waals surface area (Å²) in [7, 11) is 0. The fraction of sp³-hybridized carbons (Fsp3) is 0.429. The average molecular weight is 346 g/mol. The number of anilines is 1. The lowest BCUT2D eigenvalue weighted by molar-refractivity contribution is -0.152. The first-order valence-electron chi connectivity index (χ1n) is 6.56. The second kappa shape index (κ2) is 5.21. The fourth-order valence-corrected chi connectivity index (χ4v) is 2.77. The van der Waals surface area contributed by atoms with Crippen molar-refractivity contribution in [3.63, 3.8) is 0 Å². The van der Waals surface area contributed by atoms with Gasteiger partial charge in [0.1, 0.15) is 9.75 Å². The quantitative estimate of drug-likeness (QED) is 0.670. The molecule has 1 amide bonds. The summed E-state index contributed by atoms with van der Waals surface area (Å²) in [6.45, 7) is 1.35. The van der Waals surface area contributed by atoms with E-state index in [2.05, 4.69) is 5.32 Å². The highest BCUT2D eigenvalue weighted by molar-refractivity contribution is 6.53.